The van der Waals surface area contributed by atoms with Crippen molar-refractivity contribution >= 4 is 11.8 Å². The molecule has 110 valence electrons. The molecule has 0 spiro atoms. The van der Waals surface area contributed by atoms with Gasteiger partial charge >= 0.3 is 5.97 Å². The number of carboxylic acids is 1. The Hall–Kier alpha value is -2.04. The van der Waals surface area contributed by atoms with Gasteiger partial charge < -0.3 is 14.6 Å². The van der Waals surface area contributed by atoms with Crippen LogP contribution in [0.4, 0.5) is 0 Å². The van der Waals surface area contributed by atoms with E-state index < -0.39 is 18.0 Å². The van der Waals surface area contributed by atoms with Crippen molar-refractivity contribution in [2.75, 3.05) is 7.11 Å². The molecular weight excluding hydrogens is 272 g/mol. The Labute approximate surface area is 121 Å². The van der Waals surface area contributed by atoms with E-state index in [0.29, 0.717) is 30.8 Å². The number of carboxylic acid groups (broad SMARTS) is 1. The van der Waals surface area contributed by atoms with E-state index in [1.807, 2.05) is 6.07 Å². The van der Waals surface area contributed by atoms with Crippen LogP contribution in [0.5, 0.6) is 11.5 Å². The van der Waals surface area contributed by atoms with Gasteiger partial charge in [0, 0.05) is 17.9 Å². The highest BCUT2D eigenvalue weighted by Gasteiger charge is 2.54. The third-order valence-corrected chi connectivity index (χ3v) is 5.15. The number of hydrogen-bond acceptors (Lipinski definition) is 4. The lowest BCUT2D eigenvalue weighted by Gasteiger charge is -2.39. The van der Waals surface area contributed by atoms with Gasteiger partial charge in [0.25, 0.3) is 0 Å². The van der Waals surface area contributed by atoms with Crippen molar-refractivity contribution in [3.8, 4) is 11.5 Å². The maximum Gasteiger partial charge on any atom is 0.307 e. The average Bonchev–Trinajstić information content (AvgIpc) is 2.88. The Morgan fingerprint density at radius 1 is 1.43 bits per heavy atom. The zero-order valence-corrected chi connectivity index (χ0v) is 11.7. The number of hydrogen-bond donors (Lipinski definition) is 1. The Balaban J connectivity index is 1.91. The molecule has 0 aromatic heterocycles. The molecule has 1 N–H and O–H groups in total. The Morgan fingerprint density at radius 2 is 2.24 bits per heavy atom. The summed E-state index contributed by atoms with van der Waals surface area (Å²) >= 11 is 0. The minimum Gasteiger partial charge on any atom is -0.493 e. The zero-order valence-electron chi connectivity index (χ0n) is 11.7. The van der Waals surface area contributed by atoms with E-state index in [1.165, 1.54) is 0 Å². The summed E-state index contributed by atoms with van der Waals surface area (Å²) in [6.07, 6.45) is 1.01. The van der Waals surface area contributed by atoms with Gasteiger partial charge in [-0.3, -0.25) is 9.59 Å². The number of ketones is 1. The van der Waals surface area contributed by atoms with Crippen LogP contribution in [-0.4, -0.2) is 30.1 Å². The van der Waals surface area contributed by atoms with E-state index in [0.717, 1.165) is 11.1 Å². The van der Waals surface area contributed by atoms with Crippen LogP contribution in [0.3, 0.4) is 0 Å². The number of aliphatic carboxylic acids is 1. The second-order valence-electron chi connectivity index (χ2n) is 6.05. The second kappa shape index (κ2) is 4.23. The molecule has 4 atom stereocenters. The maximum absolute atomic E-state index is 12.2. The Kier molecular flexibility index (Phi) is 2.55. The molecule has 1 aliphatic heterocycles. The summed E-state index contributed by atoms with van der Waals surface area (Å²) in [7, 11) is 1.58. The molecule has 1 aromatic rings. The molecule has 4 rings (SSSR count). The lowest BCUT2D eigenvalue weighted by atomic mass is 9.62. The van der Waals surface area contributed by atoms with Gasteiger partial charge in [0.1, 0.15) is 0 Å². The molecule has 21 heavy (non-hydrogen) atoms. The molecule has 5 nitrogen and oxygen atoms in total. The van der Waals surface area contributed by atoms with Crippen molar-refractivity contribution in [3.63, 3.8) is 0 Å². The zero-order chi connectivity index (χ0) is 14.7. The van der Waals surface area contributed by atoms with Gasteiger partial charge in [-0.25, -0.2) is 0 Å². The minimum absolute atomic E-state index is 0.0222. The topological polar surface area (TPSA) is 72.8 Å². The number of benzene rings is 1. The quantitative estimate of drug-likeness (QED) is 0.898. The highest BCUT2D eigenvalue weighted by Crippen LogP contribution is 2.57. The third kappa shape index (κ3) is 1.57. The molecule has 0 bridgehead atoms. The largest absolute Gasteiger partial charge is 0.493 e. The van der Waals surface area contributed by atoms with E-state index >= 15 is 0 Å². The average molecular weight is 288 g/mol. The standard InChI is InChI=1S/C16H16O5/c1-20-11-5-2-7-6-9(16(18)19)8-3-4-10(17)14-13(8)12(7)15(11)21-14/h2,5,8-9,13-14H,3-4,6H2,1H3,(H,18,19)/t8-,9+,13-,14-/m1/s1. The van der Waals surface area contributed by atoms with Crippen molar-refractivity contribution in [2.24, 2.45) is 11.8 Å². The van der Waals surface area contributed by atoms with Gasteiger partial charge in [0.05, 0.1) is 13.0 Å². The fraction of sp³-hybridized carbons (Fsp3) is 0.500. The Bertz CT molecular complexity index is 650. The molecule has 0 radical (unpaired) electrons. The number of rotatable bonds is 2. The summed E-state index contributed by atoms with van der Waals surface area (Å²) in [5, 5.41) is 9.52. The highest BCUT2D eigenvalue weighted by atomic mass is 16.5. The van der Waals surface area contributed by atoms with E-state index in [-0.39, 0.29) is 17.6 Å². The first-order valence-electron chi connectivity index (χ1n) is 7.23. The van der Waals surface area contributed by atoms with Crippen LogP contribution in [0.15, 0.2) is 12.1 Å². The van der Waals surface area contributed by atoms with Crippen LogP contribution in [0.25, 0.3) is 0 Å². The molecule has 0 saturated heterocycles. The van der Waals surface area contributed by atoms with E-state index in [9.17, 15) is 14.7 Å². The normalized spacial score (nSPS) is 32.3. The van der Waals surface area contributed by atoms with E-state index in [1.54, 1.807) is 13.2 Å². The van der Waals surface area contributed by atoms with Gasteiger partial charge in [-0.1, -0.05) is 6.07 Å². The Morgan fingerprint density at radius 3 is 2.95 bits per heavy atom. The van der Waals surface area contributed by atoms with Gasteiger partial charge in [0.2, 0.25) is 0 Å². The maximum atomic E-state index is 12.2. The summed E-state index contributed by atoms with van der Waals surface area (Å²) in [5.41, 5.74) is 1.99. The fourth-order valence-electron chi connectivity index (χ4n) is 4.24. The predicted molar refractivity (Wildman–Crippen MR) is 72.7 cm³/mol. The van der Waals surface area contributed by atoms with Crippen molar-refractivity contribution in [1.29, 1.82) is 0 Å². The summed E-state index contributed by atoms with van der Waals surface area (Å²) in [4.78, 5) is 23.8. The molecule has 1 aromatic carbocycles. The van der Waals surface area contributed by atoms with Crippen LogP contribution < -0.4 is 9.47 Å². The van der Waals surface area contributed by atoms with E-state index in [4.69, 9.17) is 9.47 Å². The van der Waals surface area contributed by atoms with Crippen LogP contribution in [0.2, 0.25) is 0 Å². The fourth-order valence-corrected chi connectivity index (χ4v) is 4.24. The molecule has 1 fully saturated rings. The smallest absolute Gasteiger partial charge is 0.307 e. The molecule has 1 saturated carbocycles. The van der Waals surface area contributed by atoms with Crippen LogP contribution in [-0.2, 0) is 16.0 Å². The number of ether oxygens (including phenoxy) is 2. The van der Waals surface area contributed by atoms with Crippen LogP contribution in [0, 0.1) is 11.8 Å². The number of carbonyl (C=O) groups excluding carboxylic acids is 1. The second-order valence-corrected chi connectivity index (χ2v) is 6.05. The molecule has 0 unspecified atom stereocenters. The van der Waals surface area contributed by atoms with Gasteiger partial charge in [-0.2, -0.15) is 0 Å². The number of carbonyl (C=O) groups is 2. The summed E-state index contributed by atoms with van der Waals surface area (Å²) in [5.74, 6) is 0.000346. The third-order valence-electron chi connectivity index (χ3n) is 5.15. The molecule has 0 amide bonds. The number of methoxy groups -OCH3 is 1. The number of Topliss-reactive ketones (excluding diaryl/α,β-unsaturated/α-hetero) is 1. The van der Waals surface area contributed by atoms with E-state index in [2.05, 4.69) is 0 Å². The molecule has 1 heterocycles. The van der Waals surface area contributed by atoms with Crippen molar-refractivity contribution < 1.29 is 24.2 Å². The monoisotopic (exact) mass is 288 g/mol. The lowest BCUT2D eigenvalue weighted by molar-refractivity contribution is -0.147. The first-order chi connectivity index (χ1) is 10.1. The lowest BCUT2D eigenvalue weighted by Crippen LogP contribution is -2.45. The summed E-state index contributed by atoms with van der Waals surface area (Å²) in [6.45, 7) is 0. The minimum atomic E-state index is -0.775. The first kappa shape index (κ1) is 12.7. The van der Waals surface area contributed by atoms with Gasteiger partial charge in [0.15, 0.2) is 23.4 Å². The molecular formula is C16H16O5. The van der Waals surface area contributed by atoms with Gasteiger partial charge in [-0.15, -0.1) is 0 Å². The van der Waals surface area contributed by atoms with Gasteiger partial charge in [-0.05, 0) is 30.4 Å². The SMILES string of the molecule is COc1ccc2c3c1O[C@@H]1C(=O)CC[C@@H]([C@H]31)[C@@H](C(=O)O)C2. The highest BCUT2D eigenvalue weighted by molar-refractivity contribution is 5.88. The van der Waals surface area contributed by atoms with Crippen molar-refractivity contribution in [3.05, 3.63) is 23.3 Å². The van der Waals surface area contributed by atoms with Crippen molar-refractivity contribution in [1.82, 2.24) is 0 Å². The molecule has 5 heteroatoms. The van der Waals surface area contributed by atoms with Crippen LogP contribution in [0.1, 0.15) is 29.9 Å². The predicted octanol–water partition coefficient (Wildman–Crippen LogP) is 1.78. The van der Waals surface area contributed by atoms with Crippen LogP contribution >= 0.6 is 0 Å². The molecule has 2 aliphatic carbocycles. The summed E-state index contributed by atoms with van der Waals surface area (Å²) in [6, 6.07) is 3.71. The first-order valence-corrected chi connectivity index (χ1v) is 7.23. The van der Waals surface area contributed by atoms with Crippen molar-refractivity contribution in [2.45, 2.75) is 31.3 Å². The summed E-state index contributed by atoms with van der Waals surface area (Å²) < 4.78 is 11.2. The molecule has 3 aliphatic rings.